The van der Waals surface area contributed by atoms with Gasteiger partial charge < -0.3 is 0 Å². The molecule has 24 heavy (non-hydrogen) atoms. The molecule has 0 heterocycles. The second kappa shape index (κ2) is 9.55. The fourth-order valence-electron chi connectivity index (χ4n) is 1.76. The summed E-state index contributed by atoms with van der Waals surface area (Å²) >= 11 is 0. The molecule has 0 saturated carbocycles. The summed E-state index contributed by atoms with van der Waals surface area (Å²) < 4.78 is 88.7. The van der Waals surface area contributed by atoms with Gasteiger partial charge in [0, 0.05) is 0 Å². The van der Waals surface area contributed by atoms with Crippen LogP contribution in [0.5, 0.6) is 0 Å². The van der Waals surface area contributed by atoms with E-state index >= 15 is 0 Å². The second-order valence-electron chi connectivity index (χ2n) is 4.24. The molecule has 0 radical (unpaired) electrons. The third kappa shape index (κ3) is 6.23. The molecule has 2 aromatic rings. The van der Waals surface area contributed by atoms with Gasteiger partial charge in [0.05, 0.1) is 0 Å². The maximum absolute atomic E-state index is 13.4. The van der Waals surface area contributed by atoms with E-state index < -0.39 is 41.7 Å². The Balaban J connectivity index is 0.00000264. The summed E-state index contributed by atoms with van der Waals surface area (Å²) in [6.07, 6.45) is 0. The maximum atomic E-state index is 13.4. The Morgan fingerprint density at radius 2 is 0.958 bits per heavy atom. The van der Waals surface area contributed by atoms with Gasteiger partial charge in [-0.25, -0.2) is 8.78 Å². The normalized spacial score (nSPS) is 11.3. The Morgan fingerprint density at radius 1 is 0.667 bits per heavy atom. The molecule has 0 aliphatic carbocycles. The fourth-order valence-corrected chi connectivity index (χ4v) is 2.94. The topological polar surface area (TPSA) is 109 Å². The van der Waals surface area contributed by atoms with Crippen LogP contribution in [0.1, 0.15) is 0 Å². The molecule has 0 aromatic heterocycles. The van der Waals surface area contributed by atoms with Crippen LogP contribution in [0, 0.1) is 11.6 Å². The van der Waals surface area contributed by atoms with Gasteiger partial charge in [0.2, 0.25) is 0 Å². The number of hydrogen-bond acceptors (Lipinski definition) is 4. The Kier molecular flexibility index (Phi) is 10.1. The van der Waals surface area contributed by atoms with Gasteiger partial charge in [0.15, 0.2) is 0 Å². The zero-order valence-electron chi connectivity index (χ0n) is 10.6. The molecule has 0 spiro atoms. The zero-order valence-corrected chi connectivity index (χ0v) is 12.2. The van der Waals surface area contributed by atoms with Gasteiger partial charge in [-0.15, -0.1) is 0 Å². The van der Waals surface area contributed by atoms with E-state index in [0.717, 1.165) is 36.4 Å². The summed E-state index contributed by atoms with van der Waals surface area (Å²) in [5.41, 5.74) is -0.00199. The Morgan fingerprint density at radius 3 is 1.21 bits per heavy atom. The molecular formula is C12H10F2K2O6S2. The van der Waals surface area contributed by atoms with Crippen LogP contribution in [0.2, 0.25) is 0 Å². The summed E-state index contributed by atoms with van der Waals surface area (Å²) in [7, 11) is -9.65. The minimum absolute atomic E-state index is 0. The number of halogens is 2. The Labute approximate surface area is 222 Å². The molecule has 0 fully saturated rings. The van der Waals surface area contributed by atoms with Gasteiger partial charge in [0.1, 0.15) is 21.4 Å². The van der Waals surface area contributed by atoms with Crippen LogP contribution in [-0.4, -0.2) is 129 Å². The molecule has 2 N–H and O–H groups in total. The van der Waals surface area contributed by atoms with Crippen molar-refractivity contribution < 1.29 is 34.7 Å². The van der Waals surface area contributed by atoms with E-state index in [1.807, 2.05) is 0 Å². The molecule has 0 bridgehead atoms. The fraction of sp³-hybridized carbons (Fsp3) is 0. The molecule has 0 aliphatic heterocycles. The van der Waals surface area contributed by atoms with Crippen molar-refractivity contribution in [2.45, 2.75) is 9.79 Å². The van der Waals surface area contributed by atoms with E-state index in [4.69, 9.17) is 9.11 Å². The standard InChI is InChI=1S/C12H8F2O6S2.2K.2H/c13-9-3-1-7(5-11(9)21(15,16)17)8-2-4-10(14)12(6-8)22(18,19)20;;;;/h1-6H,(H,15,16,17)(H,18,19,20);;;;. The molecule has 0 saturated heterocycles. The third-order valence-corrected chi connectivity index (χ3v) is 4.49. The van der Waals surface area contributed by atoms with E-state index in [1.165, 1.54) is 0 Å². The van der Waals surface area contributed by atoms with E-state index in [0.29, 0.717) is 0 Å². The van der Waals surface area contributed by atoms with E-state index in [9.17, 15) is 25.6 Å². The molecule has 122 valence electrons. The molecule has 0 atom stereocenters. The summed E-state index contributed by atoms with van der Waals surface area (Å²) in [4.78, 5) is -2.02. The van der Waals surface area contributed by atoms with Crippen LogP contribution in [0.4, 0.5) is 8.78 Å². The molecule has 2 aromatic carbocycles. The predicted octanol–water partition coefficient (Wildman–Crippen LogP) is 0.828. The molecule has 0 amide bonds. The van der Waals surface area contributed by atoms with Gasteiger partial charge in [-0.1, -0.05) is 12.1 Å². The van der Waals surface area contributed by atoms with Crippen LogP contribution in [0.3, 0.4) is 0 Å². The first kappa shape index (κ1) is 25.4. The van der Waals surface area contributed by atoms with Gasteiger partial charge in [-0.05, 0) is 35.4 Å². The van der Waals surface area contributed by atoms with Gasteiger partial charge in [0.25, 0.3) is 20.2 Å². The van der Waals surface area contributed by atoms with Gasteiger partial charge >= 0.3 is 103 Å². The van der Waals surface area contributed by atoms with Crippen molar-refractivity contribution in [1.82, 2.24) is 0 Å². The summed E-state index contributed by atoms with van der Waals surface area (Å²) in [6.45, 7) is 0. The molecule has 6 nitrogen and oxygen atoms in total. The van der Waals surface area contributed by atoms with Crippen LogP contribution in [-0.2, 0) is 20.2 Å². The molecular weight excluding hydrogens is 420 g/mol. The summed E-state index contributed by atoms with van der Waals surface area (Å²) in [6, 6.07) is 5.21. The second-order valence-corrected chi connectivity index (χ2v) is 7.02. The first-order chi connectivity index (χ1) is 10.00. The van der Waals surface area contributed by atoms with Crippen LogP contribution in [0.25, 0.3) is 11.1 Å². The van der Waals surface area contributed by atoms with E-state index in [2.05, 4.69) is 0 Å². The van der Waals surface area contributed by atoms with Crippen molar-refractivity contribution in [2.24, 2.45) is 0 Å². The van der Waals surface area contributed by atoms with Gasteiger partial charge in [-0.2, -0.15) is 16.8 Å². The zero-order chi connectivity index (χ0) is 16.7. The number of hydrogen-bond donors (Lipinski definition) is 2. The molecule has 0 aliphatic rings. The van der Waals surface area contributed by atoms with Crippen LogP contribution < -0.4 is 0 Å². The van der Waals surface area contributed by atoms with Crippen molar-refractivity contribution in [3.8, 4) is 11.1 Å². The monoisotopic (exact) mass is 430 g/mol. The quantitative estimate of drug-likeness (QED) is 0.552. The van der Waals surface area contributed by atoms with Crippen molar-refractivity contribution in [3.05, 3.63) is 48.0 Å². The summed E-state index contributed by atoms with van der Waals surface area (Å²) in [5.74, 6) is -2.41. The Hall–Kier alpha value is 1.39. The average Bonchev–Trinajstić information content (AvgIpc) is 2.37. The Bertz CT molecular complexity index is 882. The number of rotatable bonds is 3. The number of benzene rings is 2. The predicted molar refractivity (Wildman–Crippen MR) is 85.7 cm³/mol. The van der Waals surface area contributed by atoms with Crippen molar-refractivity contribution >= 4 is 123 Å². The molecule has 0 unspecified atom stereocenters. The third-order valence-electron chi connectivity index (χ3n) is 2.75. The minimum atomic E-state index is -4.83. The van der Waals surface area contributed by atoms with Crippen LogP contribution >= 0.6 is 0 Å². The first-order valence-corrected chi connectivity index (χ1v) is 8.42. The molecule has 12 heteroatoms. The van der Waals surface area contributed by atoms with Gasteiger partial charge in [-0.3, -0.25) is 9.11 Å². The average molecular weight is 431 g/mol. The molecule has 2 rings (SSSR count). The van der Waals surface area contributed by atoms with Crippen LogP contribution in [0.15, 0.2) is 46.2 Å². The van der Waals surface area contributed by atoms with Crippen molar-refractivity contribution in [2.75, 3.05) is 0 Å². The first-order valence-electron chi connectivity index (χ1n) is 5.54. The van der Waals surface area contributed by atoms with Crippen molar-refractivity contribution in [3.63, 3.8) is 0 Å². The van der Waals surface area contributed by atoms with E-state index in [-0.39, 0.29) is 114 Å². The summed E-state index contributed by atoms with van der Waals surface area (Å²) in [5, 5.41) is 0. The van der Waals surface area contributed by atoms with Crippen molar-refractivity contribution in [1.29, 1.82) is 0 Å². The SMILES string of the molecule is O=S(=O)(O)c1cc(-c2ccc(F)c(S(=O)(=O)O)c2)ccc1F.[KH].[KH]. The van der Waals surface area contributed by atoms with E-state index in [1.54, 1.807) is 0 Å².